The summed E-state index contributed by atoms with van der Waals surface area (Å²) in [5, 5.41) is 15.3. The van der Waals surface area contributed by atoms with E-state index in [1.165, 1.54) is 17.9 Å². The van der Waals surface area contributed by atoms with Gasteiger partial charge in [0.05, 0.1) is 6.20 Å². The maximum Gasteiger partial charge on any atom is 0.412 e. The van der Waals surface area contributed by atoms with Crippen LogP contribution >= 0.6 is 0 Å². The van der Waals surface area contributed by atoms with Crippen LogP contribution < -0.4 is 10.2 Å². The Morgan fingerprint density at radius 3 is 2.53 bits per heavy atom. The summed E-state index contributed by atoms with van der Waals surface area (Å²) >= 11 is 0. The van der Waals surface area contributed by atoms with Crippen LogP contribution in [0.25, 0.3) is 0 Å². The van der Waals surface area contributed by atoms with Crippen LogP contribution in [0, 0.1) is 0 Å². The molecule has 1 heterocycles. The van der Waals surface area contributed by atoms with Gasteiger partial charge in [-0.1, -0.05) is 0 Å². The lowest BCUT2D eigenvalue weighted by Crippen LogP contribution is -2.29. The van der Waals surface area contributed by atoms with E-state index in [4.69, 9.17) is 9.84 Å². The smallest absolute Gasteiger partial charge is 0.412 e. The largest absolute Gasteiger partial charge is 0.465 e. The summed E-state index contributed by atoms with van der Waals surface area (Å²) < 4.78 is 6.44. The molecule has 0 saturated carbocycles. The number of nitrogens with zero attached hydrogens (tertiary/aromatic N) is 3. The molecule has 0 unspecified atom stereocenters. The third-order valence-corrected chi connectivity index (χ3v) is 2.15. The first-order chi connectivity index (χ1) is 8.61. The van der Waals surface area contributed by atoms with Crippen LogP contribution in [0.4, 0.5) is 21.1 Å². The van der Waals surface area contributed by atoms with E-state index in [1.54, 1.807) is 27.8 Å². The highest BCUT2D eigenvalue weighted by molar-refractivity contribution is 5.94. The lowest BCUT2D eigenvalue weighted by Gasteiger charge is -2.20. The quantitative estimate of drug-likeness (QED) is 0.855. The van der Waals surface area contributed by atoms with Crippen molar-refractivity contribution in [3.05, 3.63) is 6.20 Å². The number of anilines is 2. The van der Waals surface area contributed by atoms with Crippen LogP contribution in [-0.4, -0.2) is 39.7 Å². The van der Waals surface area contributed by atoms with Gasteiger partial charge in [-0.2, -0.15) is 5.10 Å². The first-order valence-corrected chi connectivity index (χ1v) is 5.60. The summed E-state index contributed by atoms with van der Waals surface area (Å²) in [6.45, 7) is 5.21. The molecule has 19 heavy (non-hydrogen) atoms. The molecule has 1 aromatic heterocycles. The number of rotatable bonds is 2. The highest BCUT2D eigenvalue weighted by atomic mass is 16.6. The summed E-state index contributed by atoms with van der Waals surface area (Å²) in [5.74, 6) is 0.248. The number of amides is 2. The Morgan fingerprint density at radius 2 is 2.05 bits per heavy atom. The minimum atomic E-state index is -1.16. The Bertz CT molecular complexity index is 489. The van der Waals surface area contributed by atoms with E-state index in [-0.39, 0.29) is 11.5 Å². The Morgan fingerprint density at radius 1 is 1.47 bits per heavy atom. The van der Waals surface area contributed by atoms with Gasteiger partial charge >= 0.3 is 12.2 Å². The fraction of sp³-hybridized carbons (Fsp3) is 0.545. The number of hydrogen-bond acceptors (Lipinski definition) is 4. The first kappa shape index (κ1) is 14.8. The van der Waals surface area contributed by atoms with Gasteiger partial charge in [0, 0.05) is 14.1 Å². The lowest BCUT2D eigenvalue weighted by molar-refractivity contribution is 0.0636. The van der Waals surface area contributed by atoms with Gasteiger partial charge in [-0.05, 0) is 20.8 Å². The number of aromatic nitrogens is 2. The average molecular weight is 270 g/mol. The molecule has 0 fully saturated rings. The molecule has 0 aliphatic heterocycles. The second kappa shape index (κ2) is 5.17. The fourth-order valence-corrected chi connectivity index (χ4v) is 1.42. The summed E-state index contributed by atoms with van der Waals surface area (Å²) in [7, 11) is 2.94. The highest BCUT2D eigenvalue weighted by Crippen LogP contribution is 2.24. The van der Waals surface area contributed by atoms with Crippen molar-refractivity contribution in [2.24, 2.45) is 7.05 Å². The number of carboxylic acid groups (broad SMARTS) is 1. The monoisotopic (exact) mass is 270 g/mol. The molecule has 0 atom stereocenters. The molecule has 0 radical (unpaired) electrons. The normalized spacial score (nSPS) is 11.0. The predicted octanol–water partition coefficient (Wildman–Crippen LogP) is 1.88. The molecule has 0 aromatic carbocycles. The van der Waals surface area contributed by atoms with E-state index < -0.39 is 17.8 Å². The van der Waals surface area contributed by atoms with Gasteiger partial charge in [0.2, 0.25) is 0 Å². The maximum absolute atomic E-state index is 11.6. The topological polar surface area (TPSA) is 96.7 Å². The third-order valence-electron chi connectivity index (χ3n) is 2.15. The summed E-state index contributed by atoms with van der Waals surface area (Å²) in [4.78, 5) is 23.6. The van der Waals surface area contributed by atoms with Crippen LogP contribution in [0.5, 0.6) is 0 Å². The van der Waals surface area contributed by atoms with Gasteiger partial charge in [-0.25, -0.2) is 9.59 Å². The molecule has 8 heteroatoms. The van der Waals surface area contributed by atoms with Gasteiger partial charge in [0.1, 0.15) is 11.3 Å². The van der Waals surface area contributed by atoms with Gasteiger partial charge in [-0.15, -0.1) is 0 Å². The molecular weight excluding hydrogens is 252 g/mol. The second-order valence-corrected chi connectivity index (χ2v) is 4.97. The van der Waals surface area contributed by atoms with Crippen molar-refractivity contribution in [2.45, 2.75) is 26.4 Å². The Labute approximate surface area is 110 Å². The molecule has 8 nitrogen and oxygen atoms in total. The molecule has 1 rings (SSSR count). The SMILES string of the molecule is CN(C(=O)O)c1c(NC(=O)OC(C)(C)C)cnn1C. The number of hydrogen-bond donors (Lipinski definition) is 2. The van der Waals surface area contributed by atoms with E-state index >= 15 is 0 Å². The predicted molar refractivity (Wildman–Crippen MR) is 69.5 cm³/mol. The van der Waals surface area contributed by atoms with Crippen molar-refractivity contribution in [1.29, 1.82) is 0 Å². The highest BCUT2D eigenvalue weighted by Gasteiger charge is 2.22. The standard InChI is InChI=1S/C11H18N4O4/c1-11(2,3)19-9(16)13-7-6-12-15(5)8(7)14(4)10(17)18/h6H,1-5H3,(H,13,16)(H,17,18). The number of carbonyl (C=O) groups excluding carboxylic acids is 1. The number of nitrogens with one attached hydrogen (secondary N) is 1. The van der Waals surface area contributed by atoms with E-state index in [1.807, 2.05) is 0 Å². The average Bonchev–Trinajstić information content (AvgIpc) is 2.55. The van der Waals surface area contributed by atoms with Crippen molar-refractivity contribution in [3.8, 4) is 0 Å². The van der Waals surface area contributed by atoms with Crippen LogP contribution in [-0.2, 0) is 11.8 Å². The van der Waals surface area contributed by atoms with Crippen LogP contribution in [0.1, 0.15) is 20.8 Å². The van der Waals surface area contributed by atoms with Crippen molar-refractivity contribution in [2.75, 3.05) is 17.3 Å². The first-order valence-electron chi connectivity index (χ1n) is 5.60. The van der Waals surface area contributed by atoms with Crippen molar-refractivity contribution in [3.63, 3.8) is 0 Å². The van der Waals surface area contributed by atoms with Crippen LogP contribution in [0.3, 0.4) is 0 Å². The van der Waals surface area contributed by atoms with Gasteiger partial charge in [-0.3, -0.25) is 14.9 Å². The third kappa shape index (κ3) is 3.87. The Balaban J connectivity index is 2.91. The molecule has 0 bridgehead atoms. The number of carbonyl (C=O) groups is 2. The van der Waals surface area contributed by atoms with Crippen LogP contribution in [0.15, 0.2) is 6.20 Å². The van der Waals surface area contributed by atoms with E-state index in [9.17, 15) is 9.59 Å². The Hall–Kier alpha value is -2.25. The molecule has 2 amide bonds. The summed E-state index contributed by atoms with van der Waals surface area (Å²) in [6, 6.07) is 0. The number of aryl methyl sites for hydroxylation is 1. The molecule has 2 N–H and O–H groups in total. The summed E-state index contributed by atoms with van der Waals surface area (Å²) in [5.41, 5.74) is -0.368. The van der Waals surface area contributed by atoms with E-state index in [0.29, 0.717) is 0 Å². The molecule has 106 valence electrons. The van der Waals surface area contributed by atoms with Gasteiger partial charge in [0.25, 0.3) is 0 Å². The van der Waals surface area contributed by atoms with Crippen molar-refractivity contribution < 1.29 is 19.4 Å². The second-order valence-electron chi connectivity index (χ2n) is 4.97. The zero-order chi connectivity index (χ0) is 14.8. The Kier molecular flexibility index (Phi) is 4.03. The minimum Gasteiger partial charge on any atom is -0.465 e. The summed E-state index contributed by atoms with van der Waals surface area (Å²) in [6.07, 6.45) is -0.463. The fourth-order valence-electron chi connectivity index (χ4n) is 1.42. The van der Waals surface area contributed by atoms with Crippen LogP contribution in [0.2, 0.25) is 0 Å². The number of ether oxygens (including phenoxy) is 1. The molecule has 0 aliphatic rings. The minimum absolute atomic E-state index is 0.248. The van der Waals surface area contributed by atoms with Crippen molar-refractivity contribution >= 4 is 23.7 Å². The van der Waals surface area contributed by atoms with E-state index in [0.717, 1.165) is 4.90 Å². The van der Waals surface area contributed by atoms with E-state index in [2.05, 4.69) is 10.4 Å². The molecule has 1 aromatic rings. The van der Waals surface area contributed by atoms with Gasteiger partial charge < -0.3 is 9.84 Å². The molecular formula is C11H18N4O4. The molecule has 0 saturated heterocycles. The maximum atomic E-state index is 11.6. The molecule has 0 spiro atoms. The lowest BCUT2D eigenvalue weighted by atomic mass is 10.2. The van der Waals surface area contributed by atoms with Gasteiger partial charge in [0.15, 0.2) is 5.82 Å². The van der Waals surface area contributed by atoms with Crippen molar-refractivity contribution in [1.82, 2.24) is 9.78 Å². The zero-order valence-corrected chi connectivity index (χ0v) is 11.6. The zero-order valence-electron chi connectivity index (χ0n) is 11.6. The molecule has 0 aliphatic carbocycles.